The van der Waals surface area contributed by atoms with Crippen LogP contribution in [0.15, 0.2) is 52.2 Å². The minimum absolute atomic E-state index is 0.274. The van der Waals surface area contributed by atoms with E-state index in [1.807, 2.05) is 24.7 Å². The number of piperazine rings is 1. The zero-order chi connectivity index (χ0) is 25.8. The van der Waals surface area contributed by atoms with Crippen LogP contribution >= 0.6 is 0 Å². The largest absolute Gasteiger partial charge is 0.465 e. The number of pyridine rings is 1. The molecule has 0 bridgehead atoms. The van der Waals surface area contributed by atoms with E-state index in [4.69, 9.17) is 9.73 Å². The van der Waals surface area contributed by atoms with Crippen molar-refractivity contribution in [2.45, 2.75) is 45.9 Å². The lowest BCUT2D eigenvalue weighted by Crippen LogP contribution is -2.50. The Morgan fingerprint density at radius 2 is 1.89 bits per heavy atom. The van der Waals surface area contributed by atoms with Crippen LogP contribution < -0.4 is 5.32 Å². The molecule has 0 saturated carbocycles. The number of aryl methyl sites for hydroxylation is 1. The average molecular weight is 510 g/mol. The summed E-state index contributed by atoms with van der Waals surface area (Å²) in [5.41, 5.74) is 3.23. The van der Waals surface area contributed by atoms with E-state index in [1.54, 1.807) is 6.20 Å². The number of amidine groups is 2. The van der Waals surface area contributed by atoms with Crippen LogP contribution in [0.1, 0.15) is 37.8 Å². The maximum absolute atomic E-state index is 14.0. The van der Waals surface area contributed by atoms with Crippen LogP contribution in [0.3, 0.4) is 0 Å². The van der Waals surface area contributed by atoms with Crippen molar-refractivity contribution in [2.24, 2.45) is 9.98 Å². The van der Waals surface area contributed by atoms with E-state index in [0.29, 0.717) is 30.6 Å². The van der Waals surface area contributed by atoms with Gasteiger partial charge in [0.05, 0.1) is 24.7 Å². The molecule has 1 fully saturated rings. The highest BCUT2D eigenvalue weighted by atomic mass is 19.1. The Balaban J connectivity index is 1.26. The second-order valence-electron chi connectivity index (χ2n) is 9.79. The van der Waals surface area contributed by atoms with Crippen LogP contribution in [-0.2, 0) is 17.8 Å². The molecule has 1 atom stereocenters. The van der Waals surface area contributed by atoms with Gasteiger partial charge in [0.2, 0.25) is 0 Å². The predicted octanol–water partition coefficient (Wildman–Crippen LogP) is 2.26. The first-order chi connectivity index (χ1) is 18.0. The molecule has 0 spiro atoms. The molecule has 0 amide bonds. The number of halogens is 1. The SMILES string of the molecule is CCOC1=NC(C)=C2N=C(c3cncc(F)c3)N(Cc3cnn(CCCCN4CCN(C)CC4)c3)C2N1. The summed E-state index contributed by atoms with van der Waals surface area (Å²) < 4.78 is 21.7. The maximum Gasteiger partial charge on any atom is 0.291 e. The molecule has 198 valence electrons. The molecular weight excluding hydrogens is 473 g/mol. The molecule has 3 aliphatic rings. The summed E-state index contributed by atoms with van der Waals surface area (Å²) in [6, 6.07) is 1.92. The summed E-state index contributed by atoms with van der Waals surface area (Å²) in [6.45, 7) is 11.5. The lowest BCUT2D eigenvalue weighted by Gasteiger charge is -2.32. The molecule has 0 aromatic carbocycles. The summed E-state index contributed by atoms with van der Waals surface area (Å²) in [7, 11) is 2.19. The predicted molar refractivity (Wildman–Crippen MR) is 140 cm³/mol. The first kappa shape index (κ1) is 25.3. The third-order valence-corrected chi connectivity index (χ3v) is 6.96. The molecule has 0 radical (unpaired) electrons. The number of aliphatic imine (C=N–C) groups is 2. The molecule has 1 unspecified atom stereocenters. The fourth-order valence-corrected chi connectivity index (χ4v) is 4.92. The quantitative estimate of drug-likeness (QED) is 0.519. The topological polar surface area (TPSA) is 86.4 Å². The summed E-state index contributed by atoms with van der Waals surface area (Å²) in [5, 5.41) is 7.95. The van der Waals surface area contributed by atoms with Gasteiger partial charge in [-0.3, -0.25) is 9.67 Å². The zero-order valence-corrected chi connectivity index (χ0v) is 21.9. The van der Waals surface area contributed by atoms with E-state index in [9.17, 15) is 4.39 Å². The number of hydrogen-bond acceptors (Lipinski definition) is 9. The summed E-state index contributed by atoms with van der Waals surface area (Å²) in [5.74, 6) is 0.246. The lowest BCUT2D eigenvalue weighted by atomic mass is 10.2. The van der Waals surface area contributed by atoms with Gasteiger partial charge < -0.3 is 24.8 Å². The number of fused-ring (bicyclic) bond motifs is 1. The van der Waals surface area contributed by atoms with Crippen molar-refractivity contribution in [3.05, 3.63) is 59.2 Å². The number of hydrogen-bond donors (Lipinski definition) is 1. The fraction of sp³-hybridized carbons (Fsp3) is 0.538. The summed E-state index contributed by atoms with van der Waals surface area (Å²) >= 11 is 0. The Hall–Kier alpha value is -3.31. The number of likely N-dealkylation sites (N-methyl/N-ethyl adjacent to an activating group) is 1. The number of ether oxygens (including phenoxy) is 1. The smallest absolute Gasteiger partial charge is 0.291 e. The molecular formula is C26H36FN9O. The van der Waals surface area contributed by atoms with E-state index >= 15 is 0 Å². The Kier molecular flexibility index (Phi) is 7.80. The second kappa shape index (κ2) is 11.4. The van der Waals surface area contributed by atoms with Crippen molar-refractivity contribution in [3.8, 4) is 0 Å². The van der Waals surface area contributed by atoms with E-state index in [2.05, 4.69) is 48.3 Å². The van der Waals surface area contributed by atoms with Crippen LogP contribution in [-0.4, -0.2) is 93.9 Å². The minimum Gasteiger partial charge on any atom is -0.465 e. The molecule has 5 rings (SSSR count). The van der Waals surface area contributed by atoms with Crippen molar-refractivity contribution in [1.29, 1.82) is 0 Å². The molecule has 2 aromatic heterocycles. The van der Waals surface area contributed by atoms with Gasteiger partial charge in [0, 0.05) is 62.8 Å². The molecule has 37 heavy (non-hydrogen) atoms. The van der Waals surface area contributed by atoms with Crippen LogP contribution in [0.25, 0.3) is 0 Å². The van der Waals surface area contributed by atoms with Gasteiger partial charge in [-0.05, 0) is 46.3 Å². The molecule has 1 saturated heterocycles. The molecule has 5 heterocycles. The Labute approximate surface area is 217 Å². The number of nitrogens with one attached hydrogen (secondary N) is 1. The highest BCUT2D eigenvalue weighted by Gasteiger charge is 2.37. The van der Waals surface area contributed by atoms with Gasteiger partial charge in [-0.1, -0.05) is 0 Å². The van der Waals surface area contributed by atoms with E-state index < -0.39 is 5.82 Å². The first-order valence-corrected chi connectivity index (χ1v) is 13.1. The number of unbranched alkanes of at least 4 members (excludes halogenated alkanes) is 1. The third-order valence-electron chi connectivity index (χ3n) is 6.96. The Morgan fingerprint density at radius 3 is 2.68 bits per heavy atom. The molecule has 3 aliphatic heterocycles. The van der Waals surface area contributed by atoms with Crippen LogP contribution in [0.4, 0.5) is 4.39 Å². The van der Waals surface area contributed by atoms with Crippen molar-refractivity contribution in [3.63, 3.8) is 0 Å². The van der Waals surface area contributed by atoms with E-state index in [1.165, 1.54) is 12.3 Å². The molecule has 0 aliphatic carbocycles. The standard InChI is InChI=1S/C26H36FN9O/c1-4-37-26-30-19(2)23-25(32-26)36(24(31-23)21-13-22(27)16-28-15-21)18-20-14-29-35(17-20)8-6-5-7-34-11-9-33(3)10-12-34/h13-17,25H,4-12,18H2,1-3H3,(H,30,32). The molecule has 2 aromatic rings. The van der Waals surface area contributed by atoms with Crippen molar-refractivity contribution in [1.82, 2.24) is 34.8 Å². The van der Waals surface area contributed by atoms with Crippen molar-refractivity contribution in [2.75, 3.05) is 46.4 Å². The van der Waals surface area contributed by atoms with Crippen LogP contribution in [0, 0.1) is 5.82 Å². The van der Waals surface area contributed by atoms with Crippen LogP contribution in [0.2, 0.25) is 0 Å². The highest BCUT2D eigenvalue weighted by molar-refractivity contribution is 6.01. The third kappa shape index (κ3) is 5.99. The van der Waals surface area contributed by atoms with Gasteiger partial charge in [-0.2, -0.15) is 5.10 Å². The van der Waals surface area contributed by atoms with Gasteiger partial charge in [0.15, 0.2) is 0 Å². The van der Waals surface area contributed by atoms with Gasteiger partial charge in [0.25, 0.3) is 6.02 Å². The van der Waals surface area contributed by atoms with Crippen LogP contribution in [0.5, 0.6) is 0 Å². The second-order valence-corrected chi connectivity index (χ2v) is 9.79. The minimum atomic E-state index is -0.399. The lowest BCUT2D eigenvalue weighted by molar-refractivity contribution is 0.151. The first-order valence-electron chi connectivity index (χ1n) is 13.1. The van der Waals surface area contributed by atoms with Gasteiger partial charge in [-0.15, -0.1) is 0 Å². The Bertz CT molecular complexity index is 1180. The monoisotopic (exact) mass is 509 g/mol. The Morgan fingerprint density at radius 1 is 1.08 bits per heavy atom. The van der Waals surface area contributed by atoms with E-state index in [-0.39, 0.29) is 6.17 Å². The number of aromatic nitrogens is 3. The highest BCUT2D eigenvalue weighted by Crippen LogP contribution is 2.30. The summed E-state index contributed by atoms with van der Waals surface area (Å²) in [6.07, 6.45) is 8.79. The van der Waals surface area contributed by atoms with Gasteiger partial charge >= 0.3 is 0 Å². The zero-order valence-electron chi connectivity index (χ0n) is 21.9. The van der Waals surface area contributed by atoms with Crippen molar-refractivity contribution < 1.29 is 9.13 Å². The van der Waals surface area contributed by atoms with E-state index in [0.717, 1.165) is 69.1 Å². The average Bonchev–Trinajstić information content (AvgIpc) is 3.48. The maximum atomic E-state index is 14.0. The molecule has 10 nitrogen and oxygen atoms in total. The van der Waals surface area contributed by atoms with Gasteiger partial charge in [-0.25, -0.2) is 14.4 Å². The van der Waals surface area contributed by atoms with Crippen molar-refractivity contribution >= 4 is 11.9 Å². The number of nitrogens with zero attached hydrogens (tertiary/aromatic N) is 8. The summed E-state index contributed by atoms with van der Waals surface area (Å²) in [4.78, 5) is 20.4. The normalized spacial score (nSPS) is 20.5. The number of rotatable bonds is 9. The number of allylic oxidation sites excluding steroid dienone is 1. The molecule has 1 N–H and O–H groups in total. The molecule has 11 heteroatoms. The van der Waals surface area contributed by atoms with Gasteiger partial charge in [0.1, 0.15) is 23.5 Å². The fourth-order valence-electron chi connectivity index (χ4n) is 4.92.